The van der Waals surface area contributed by atoms with E-state index in [0.717, 1.165) is 0 Å². The average molecular weight is 681 g/mol. The SMILES string of the molecule is NCCCN[C@H]1[C@@H](OC2[C@@H](N)C[C@@H](CC(=O)C3(O)CC3N=C(N)N)[C@H](O[C@H]3O[C@H](CO)[C@@H](O)[C@H](N)[C@H]3O)[C@H]2O)O[C@H](CN)[C@@H](O)[C@@H]1O. The molecule has 4 fully saturated rings. The molecule has 20 heteroatoms. The van der Waals surface area contributed by atoms with E-state index >= 15 is 0 Å². The van der Waals surface area contributed by atoms with E-state index in [0.29, 0.717) is 19.5 Å². The monoisotopic (exact) mass is 680 g/mol. The summed E-state index contributed by atoms with van der Waals surface area (Å²) in [5.41, 5.74) is 32.8. The minimum absolute atomic E-state index is 0.0221. The van der Waals surface area contributed by atoms with E-state index in [4.69, 9.17) is 53.3 Å². The maximum absolute atomic E-state index is 13.3. The molecule has 47 heavy (non-hydrogen) atoms. The topological polar surface area (TPSA) is 376 Å². The Kier molecular flexibility index (Phi) is 12.9. The van der Waals surface area contributed by atoms with Crippen LogP contribution >= 0.6 is 0 Å². The summed E-state index contributed by atoms with van der Waals surface area (Å²) >= 11 is 0. The summed E-state index contributed by atoms with van der Waals surface area (Å²) in [5, 5.41) is 77.9. The highest BCUT2D eigenvalue weighted by Gasteiger charge is 2.60. The zero-order chi connectivity index (χ0) is 34.8. The fourth-order valence-electron chi connectivity index (χ4n) is 6.56. The molecule has 2 aliphatic heterocycles. The van der Waals surface area contributed by atoms with E-state index in [1.54, 1.807) is 0 Å². The van der Waals surface area contributed by atoms with E-state index < -0.39 is 116 Å². The largest absolute Gasteiger partial charge is 0.394 e. The molecule has 20 N–H and O–H groups in total. The van der Waals surface area contributed by atoms with Crippen LogP contribution in [0.15, 0.2) is 4.99 Å². The van der Waals surface area contributed by atoms with Crippen LogP contribution in [0.25, 0.3) is 0 Å². The number of nitrogens with one attached hydrogen (secondary N) is 1. The number of hydrogen-bond donors (Lipinski definition) is 14. The number of aliphatic imine (C=N–C) groups is 1. The van der Waals surface area contributed by atoms with Crippen LogP contribution in [-0.2, 0) is 23.7 Å². The Morgan fingerprint density at radius 2 is 1.57 bits per heavy atom. The molecule has 0 amide bonds. The highest BCUT2D eigenvalue weighted by molar-refractivity contribution is 5.92. The molecule has 4 rings (SSSR count). The number of Topliss-reactive ketones (excluding diaryl/α,β-unsaturated/α-hetero) is 1. The van der Waals surface area contributed by atoms with Gasteiger partial charge in [-0.3, -0.25) is 4.79 Å². The Hall–Kier alpha value is -1.70. The van der Waals surface area contributed by atoms with Crippen molar-refractivity contribution < 1.29 is 59.5 Å². The van der Waals surface area contributed by atoms with Gasteiger partial charge in [-0.05, 0) is 31.8 Å². The number of nitrogens with zero attached hydrogens (tertiary/aromatic N) is 1. The fourth-order valence-corrected chi connectivity index (χ4v) is 6.56. The molecule has 2 heterocycles. The average Bonchev–Trinajstić information content (AvgIpc) is 3.69. The van der Waals surface area contributed by atoms with Crippen LogP contribution in [0.4, 0.5) is 0 Å². The molecule has 0 radical (unpaired) electrons. The first-order valence-electron chi connectivity index (χ1n) is 15.8. The number of carbonyl (C=O) groups is 1. The maximum atomic E-state index is 13.3. The van der Waals surface area contributed by atoms with Crippen LogP contribution in [0.1, 0.15) is 25.7 Å². The first kappa shape index (κ1) is 38.1. The van der Waals surface area contributed by atoms with Gasteiger partial charge in [-0.2, -0.15) is 0 Å². The van der Waals surface area contributed by atoms with Gasteiger partial charge >= 0.3 is 0 Å². The number of guanidine groups is 1. The van der Waals surface area contributed by atoms with Crippen molar-refractivity contribution in [3.05, 3.63) is 0 Å². The van der Waals surface area contributed by atoms with Crippen molar-refractivity contribution in [2.75, 3.05) is 26.2 Å². The number of carbonyl (C=O) groups excluding carboxylic acids is 1. The molecule has 2 saturated carbocycles. The lowest BCUT2D eigenvalue weighted by Gasteiger charge is -2.49. The number of nitrogens with two attached hydrogens (primary N) is 6. The van der Waals surface area contributed by atoms with Crippen LogP contribution in [0, 0.1) is 5.92 Å². The van der Waals surface area contributed by atoms with Gasteiger partial charge in [0.05, 0.1) is 30.8 Å². The van der Waals surface area contributed by atoms with Gasteiger partial charge in [-0.15, -0.1) is 0 Å². The van der Waals surface area contributed by atoms with Crippen LogP contribution in [0.2, 0.25) is 0 Å². The molecule has 3 unspecified atom stereocenters. The quantitative estimate of drug-likeness (QED) is 0.0460. The molecular weight excluding hydrogens is 628 g/mol. The van der Waals surface area contributed by atoms with Gasteiger partial charge in [0.15, 0.2) is 24.3 Å². The van der Waals surface area contributed by atoms with Crippen LogP contribution < -0.4 is 39.7 Å². The Bertz CT molecular complexity index is 1080. The second-order valence-electron chi connectivity index (χ2n) is 12.8. The number of rotatable bonds is 14. The summed E-state index contributed by atoms with van der Waals surface area (Å²) in [7, 11) is 0. The number of ether oxygens (including phenoxy) is 4. The van der Waals surface area contributed by atoms with Gasteiger partial charge in [0.1, 0.15) is 54.4 Å². The Morgan fingerprint density at radius 1 is 0.915 bits per heavy atom. The third-order valence-corrected chi connectivity index (χ3v) is 9.48. The highest BCUT2D eigenvalue weighted by atomic mass is 16.7. The summed E-state index contributed by atoms with van der Waals surface area (Å²) < 4.78 is 23.7. The standard InChI is InChI=1S/C27H52N8O12/c28-2-1-3-34-16-20(41)18(39)11(7-29)44-24(16)47-23-10(30)4-9(5-14(37)27(43)6-13(27)35-26(32)33)22(21(23)42)46-25-19(40)15(31)17(38)12(8-36)45-25/h9-13,15-25,34,36,38-43H,1-8,28-31H2,(H4,32,33,35)/t9-,10-,11+,12+,13?,15-,16+,17+,18+,19+,20+,21+,22-,23?,24+,25+,27?/m0/s1. The molecule has 0 aromatic rings. The first-order valence-corrected chi connectivity index (χ1v) is 15.8. The van der Waals surface area contributed by atoms with Gasteiger partial charge in [0.2, 0.25) is 0 Å². The summed E-state index contributed by atoms with van der Waals surface area (Å²) in [6.07, 6.45) is -15.1. The summed E-state index contributed by atoms with van der Waals surface area (Å²) in [4.78, 5) is 17.2. The normalized spacial score (nSPS) is 47.0. The molecule has 20 nitrogen and oxygen atoms in total. The van der Waals surface area contributed by atoms with Crippen LogP contribution in [0.5, 0.6) is 0 Å². The second kappa shape index (κ2) is 15.9. The lowest BCUT2D eigenvalue weighted by atomic mass is 9.76. The van der Waals surface area contributed by atoms with Crippen molar-refractivity contribution in [3.63, 3.8) is 0 Å². The van der Waals surface area contributed by atoms with Crippen LogP contribution in [0.3, 0.4) is 0 Å². The Balaban J connectivity index is 1.59. The lowest BCUT2D eigenvalue weighted by Crippen LogP contribution is -2.68. The molecule has 0 aromatic carbocycles. The molecule has 0 aromatic heterocycles. The highest BCUT2D eigenvalue weighted by Crippen LogP contribution is 2.43. The smallest absolute Gasteiger partial charge is 0.186 e. The van der Waals surface area contributed by atoms with Crippen molar-refractivity contribution in [1.82, 2.24) is 5.32 Å². The second-order valence-corrected chi connectivity index (χ2v) is 12.8. The zero-order valence-electron chi connectivity index (χ0n) is 26.0. The maximum Gasteiger partial charge on any atom is 0.186 e. The minimum atomic E-state index is -1.85. The van der Waals surface area contributed by atoms with Gasteiger partial charge in [-0.1, -0.05) is 0 Å². The summed E-state index contributed by atoms with van der Waals surface area (Å²) in [5.74, 6) is -1.83. The van der Waals surface area contributed by atoms with Gasteiger partial charge in [-0.25, -0.2) is 4.99 Å². The third-order valence-electron chi connectivity index (χ3n) is 9.48. The molecule has 272 valence electrons. The molecule has 0 bridgehead atoms. The molecule has 4 aliphatic rings. The van der Waals surface area contributed by atoms with E-state index in [1.807, 2.05) is 0 Å². The van der Waals surface area contributed by atoms with E-state index in [-0.39, 0.29) is 31.8 Å². The summed E-state index contributed by atoms with van der Waals surface area (Å²) in [6.45, 7) is -0.159. The van der Waals surface area contributed by atoms with E-state index in [2.05, 4.69) is 10.3 Å². The molecular formula is C27H52N8O12. The van der Waals surface area contributed by atoms with E-state index in [1.165, 1.54) is 0 Å². The fraction of sp³-hybridized carbons (Fsp3) is 0.926. The third kappa shape index (κ3) is 8.20. The van der Waals surface area contributed by atoms with E-state index in [9.17, 15) is 40.5 Å². The van der Waals surface area contributed by atoms with Crippen LogP contribution in [-0.4, -0.2) is 171 Å². The van der Waals surface area contributed by atoms with Crippen molar-refractivity contribution in [1.29, 1.82) is 0 Å². The predicted molar refractivity (Wildman–Crippen MR) is 162 cm³/mol. The number of ketones is 1. The minimum Gasteiger partial charge on any atom is -0.394 e. The van der Waals surface area contributed by atoms with Gasteiger partial charge < -0.3 is 94.4 Å². The molecule has 17 atom stereocenters. The predicted octanol–water partition coefficient (Wildman–Crippen LogP) is -8.32. The molecule has 2 saturated heterocycles. The number of aliphatic hydroxyl groups excluding tert-OH is 6. The van der Waals surface area contributed by atoms with Crippen molar-refractivity contribution >= 4 is 11.7 Å². The van der Waals surface area contributed by atoms with Gasteiger partial charge in [0, 0.05) is 25.4 Å². The Labute approximate surface area is 271 Å². The van der Waals surface area contributed by atoms with Crippen molar-refractivity contribution in [2.24, 2.45) is 45.3 Å². The molecule has 0 spiro atoms. The summed E-state index contributed by atoms with van der Waals surface area (Å²) in [6, 6.07) is -4.12. The van der Waals surface area contributed by atoms with Gasteiger partial charge in [0.25, 0.3) is 0 Å². The zero-order valence-corrected chi connectivity index (χ0v) is 26.0. The Morgan fingerprint density at radius 3 is 2.19 bits per heavy atom. The molecule has 2 aliphatic carbocycles. The van der Waals surface area contributed by atoms with Crippen molar-refractivity contribution in [2.45, 2.75) is 123 Å². The number of hydrogen-bond acceptors (Lipinski definition) is 18. The first-order chi connectivity index (χ1) is 22.2. The lowest BCUT2D eigenvalue weighted by molar-refractivity contribution is -0.324. The number of aliphatic hydroxyl groups is 7. The van der Waals surface area contributed by atoms with Crippen molar-refractivity contribution in [3.8, 4) is 0 Å².